The average Bonchev–Trinajstić information content (AvgIpc) is 2.29. The molecule has 0 aliphatic rings. The second kappa shape index (κ2) is 6.74. The SMILES string of the molecule is O=Cc1ccccc1CNCCCC(=O)O. The standard InChI is InChI=1S/C12H15NO3/c14-9-11-5-2-1-4-10(11)8-13-7-3-6-12(15)16/h1-2,4-5,9,13H,3,6-8H2,(H,15,16). The normalized spacial score (nSPS) is 10.0. The van der Waals surface area contributed by atoms with Crippen molar-refractivity contribution in [1.82, 2.24) is 5.32 Å². The minimum Gasteiger partial charge on any atom is -0.481 e. The molecule has 0 saturated heterocycles. The number of carboxylic acids is 1. The molecule has 0 aliphatic heterocycles. The third kappa shape index (κ3) is 4.23. The highest BCUT2D eigenvalue weighted by atomic mass is 16.4. The molecule has 0 unspecified atom stereocenters. The molecule has 0 spiro atoms. The molecule has 0 saturated carbocycles. The largest absolute Gasteiger partial charge is 0.481 e. The number of carbonyl (C=O) groups is 2. The summed E-state index contributed by atoms with van der Waals surface area (Å²) in [4.78, 5) is 21.0. The van der Waals surface area contributed by atoms with Crippen LogP contribution in [-0.4, -0.2) is 23.9 Å². The topological polar surface area (TPSA) is 66.4 Å². The number of carbonyl (C=O) groups excluding carboxylic acids is 1. The summed E-state index contributed by atoms with van der Waals surface area (Å²) in [6.45, 7) is 1.23. The molecule has 0 bridgehead atoms. The minimum atomic E-state index is -0.782. The molecule has 0 fully saturated rings. The lowest BCUT2D eigenvalue weighted by Gasteiger charge is -2.05. The number of carboxylic acid groups (broad SMARTS) is 1. The lowest BCUT2D eigenvalue weighted by molar-refractivity contribution is -0.137. The Kier molecular flexibility index (Phi) is 5.22. The molecule has 86 valence electrons. The second-order valence-electron chi connectivity index (χ2n) is 3.49. The van der Waals surface area contributed by atoms with Crippen molar-refractivity contribution in [2.75, 3.05) is 6.54 Å². The molecule has 4 heteroatoms. The van der Waals surface area contributed by atoms with Crippen LogP contribution in [0.15, 0.2) is 24.3 Å². The van der Waals surface area contributed by atoms with Gasteiger partial charge in [-0.15, -0.1) is 0 Å². The van der Waals surface area contributed by atoms with Crippen molar-refractivity contribution in [2.24, 2.45) is 0 Å². The van der Waals surface area contributed by atoms with E-state index in [-0.39, 0.29) is 6.42 Å². The first-order valence-electron chi connectivity index (χ1n) is 5.19. The van der Waals surface area contributed by atoms with Crippen molar-refractivity contribution in [3.8, 4) is 0 Å². The first-order chi connectivity index (χ1) is 7.74. The number of benzene rings is 1. The van der Waals surface area contributed by atoms with Crippen LogP contribution in [0.4, 0.5) is 0 Å². The molecule has 1 aromatic rings. The maximum absolute atomic E-state index is 10.7. The number of hydrogen-bond acceptors (Lipinski definition) is 3. The van der Waals surface area contributed by atoms with Gasteiger partial charge in [0, 0.05) is 18.5 Å². The molecule has 0 aliphatic carbocycles. The van der Waals surface area contributed by atoms with Crippen LogP contribution in [0.25, 0.3) is 0 Å². The zero-order valence-electron chi connectivity index (χ0n) is 8.98. The van der Waals surface area contributed by atoms with E-state index in [0.717, 1.165) is 11.8 Å². The van der Waals surface area contributed by atoms with E-state index in [1.807, 2.05) is 18.2 Å². The molecule has 0 amide bonds. The van der Waals surface area contributed by atoms with E-state index < -0.39 is 5.97 Å². The Balaban J connectivity index is 2.31. The number of nitrogens with one attached hydrogen (secondary N) is 1. The van der Waals surface area contributed by atoms with Gasteiger partial charge in [0.1, 0.15) is 6.29 Å². The van der Waals surface area contributed by atoms with Crippen molar-refractivity contribution in [3.05, 3.63) is 35.4 Å². The fourth-order valence-corrected chi connectivity index (χ4v) is 1.40. The van der Waals surface area contributed by atoms with Gasteiger partial charge in [-0.1, -0.05) is 24.3 Å². The number of aldehydes is 1. The average molecular weight is 221 g/mol. The Labute approximate surface area is 94.3 Å². The number of rotatable bonds is 7. The summed E-state index contributed by atoms with van der Waals surface area (Å²) in [7, 11) is 0. The maximum atomic E-state index is 10.7. The van der Waals surface area contributed by atoms with Crippen LogP contribution in [0.2, 0.25) is 0 Å². The number of hydrogen-bond donors (Lipinski definition) is 2. The molecule has 2 N–H and O–H groups in total. The lowest BCUT2D eigenvalue weighted by atomic mass is 10.1. The molecule has 1 rings (SSSR count). The molecule has 0 radical (unpaired) electrons. The van der Waals surface area contributed by atoms with Crippen LogP contribution < -0.4 is 5.32 Å². The monoisotopic (exact) mass is 221 g/mol. The summed E-state index contributed by atoms with van der Waals surface area (Å²) in [5, 5.41) is 11.5. The van der Waals surface area contributed by atoms with Gasteiger partial charge in [0.05, 0.1) is 0 Å². The quantitative estimate of drug-likeness (QED) is 0.540. The molecule has 16 heavy (non-hydrogen) atoms. The third-order valence-corrected chi connectivity index (χ3v) is 2.24. The lowest BCUT2D eigenvalue weighted by Crippen LogP contribution is -2.16. The zero-order chi connectivity index (χ0) is 11.8. The third-order valence-electron chi connectivity index (χ3n) is 2.24. The second-order valence-corrected chi connectivity index (χ2v) is 3.49. The van der Waals surface area contributed by atoms with Crippen LogP contribution in [0.5, 0.6) is 0 Å². The molecular formula is C12H15NO3. The molecule has 0 heterocycles. The molecule has 0 aromatic heterocycles. The van der Waals surface area contributed by atoms with Gasteiger partial charge in [-0.05, 0) is 18.5 Å². The van der Waals surface area contributed by atoms with Crippen molar-refractivity contribution < 1.29 is 14.7 Å². The smallest absolute Gasteiger partial charge is 0.303 e. The van der Waals surface area contributed by atoms with Gasteiger partial charge >= 0.3 is 5.97 Å². The maximum Gasteiger partial charge on any atom is 0.303 e. The van der Waals surface area contributed by atoms with Gasteiger partial charge in [0.25, 0.3) is 0 Å². The van der Waals surface area contributed by atoms with Gasteiger partial charge in [-0.2, -0.15) is 0 Å². The van der Waals surface area contributed by atoms with Crippen LogP contribution in [0.3, 0.4) is 0 Å². The summed E-state index contributed by atoms with van der Waals surface area (Å²) >= 11 is 0. The van der Waals surface area contributed by atoms with E-state index >= 15 is 0 Å². The Morgan fingerprint density at radius 1 is 1.38 bits per heavy atom. The summed E-state index contributed by atoms with van der Waals surface area (Å²) in [5.74, 6) is -0.782. The number of aliphatic carboxylic acids is 1. The first kappa shape index (κ1) is 12.4. The van der Waals surface area contributed by atoms with Gasteiger partial charge < -0.3 is 10.4 Å². The highest BCUT2D eigenvalue weighted by Crippen LogP contribution is 2.05. The van der Waals surface area contributed by atoms with E-state index in [0.29, 0.717) is 25.1 Å². The summed E-state index contributed by atoms with van der Waals surface area (Å²) in [6.07, 6.45) is 1.59. The highest BCUT2D eigenvalue weighted by Gasteiger charge is 2.00. The van der Waals surface area contributed by atoms with Crippen molar-refractivity contribution in [2.45, 2.75) is 19.4 Å². The molecule has 4 nitrogen and oxygen atoms in total. The van der Waals surface area contributed by atoms with Gasteiger partial charge in [0.15, 0.2) is 0 Å². The van der Waals surface area contributed by atoms with Crippen molar-refractivity contribution in [1.29, 1.82) is 0 Å². The van der Waals surface area contributed by atoms with E-state index in [4.69, 9.17) is 5.11 Å². The predicted octanol–water partition coefficient (Wildman–Crippen LogP) is 1.45. The van der Waals surface area contributed by atoms with E-state index in [2.05, 4.69) is 5.32 Å². The van der Waals surface area contributed by atoms with E-state index in [9.17, 15) is 9.59 Å². The summed E-state index contributed by atoms with van der Waals surface area (Å²) in [5.41, 5.74) is 1.61. The van der Waals surface area contributed by atoms with Gasteiger partial charge in [-0.3, -0.25) is 9.59 Å². The van der Waals surface area contributed by atoms with Gasteiger partial charge in [-0.25, -0.2) is 0 Å². The molecule has 0 atom stereocenters. The fraction of sp³-hybridized carbons (Fsp3) is 0.333. The predicted molar refractivity (Wildman–Crippen MR) is 60.4 cm³/mol. The first-order valence-corrected chi connectivity index (χ1v) is 5.19. The fourth-order valence-electron chi connectivity index (χ4n) is 1.40. The molecule has 1 aromatic carbocycles. The Hall–Kier alpha value is -1.68. The summed E-state index contributed by atoms with van der Waals surface area (Å²) in [6, 6.07) is 7.34. The minimum absolute atomic E-state index is 0.169. The van der Waals surface area contributed by atoms with Gasteiger partial charge in [0.2, 0.25) is 0 Å². The summed E-state index contributed by atoms with van der Waals surface area (Å²) < 4.78 is 0. The Morgan fingerprint density at radius 2 is 2.12 bits per heavy atom. The van der Waals surface area contributed by atoms with Crippen molar-refractivity contribution in [3.63, 3.8) is 0 Å². The Bertz CT molecular complexity index is 363. The van der Waals surface area contributed by atoms with Crippen LogP contribution in [0, 0.1) is 0 Å². The van der Waals surface area contributed by atoms with Crippen molar-refractivity contribution >= 4 is 12.3 Å². The van der Waals surface area contributed by atoms with E-state index in [1.54, 1.807) is 6.07 Å². The van der Waals surface area contributed by atoms with E-state index in [1.165, 1.54) is 0 Å². The van der Waals surface area contributed by atoms with Crippen LogP contribution in [-0.2, 0) is 11.3 Å². The molecular weight excluding hydrogens is 206 g/mol. The zero-order valence-corrected chi connectivity index (χ0v) is 8.98. The Morgan fingerprint density at radius 3 is 2.81 bits per heavy atom. The highest BCUT2D eigenvalue weighted by molar-refractivity contribution is 5.77. The van der Waals surface area contributed by atoms with Crippen LogP contribution in [0.1, 0.15) is 28.8 Å². The van der Waals surface area contributed by atoms with Crippen LogP contribution >= 0.6 is 0 Å².